The highest BCUT2D eigenvalue weighted by molar-refractivity contribution is 7.12. The second-order valence-corrected chi connectivity index (χ2v) is 5.35. The van der Waals surface area contributed by atoms with Gasteiger partial charge >= 0.3 is 5.97 Å². The summed E-state index contributed by atoms with van der Waals surface area (Å²) in [5.41, 5.74) is -0.0635. The van der Waals surface area contributed by atoms with Crippen molar-refractivity contribution in [3.63, 3.8) is 0 Å². The molecule has 0 aliphatic rings. The summed E-state index contributed by atoms with van der Waals surface area (Å²) in [6.45, 7) is 4.58. The van der Waals surface area contributed by atoms with Crippen LogP contribution >= 0.6 is 11.3 Å². The quantitative estimate of drug-likeness (QED) is 0.870. The monoisotopic (exact) mass is 266 g/mol. The summed E-state index contributed by atoms with van der Waals surface area (Å²) in [7, 11) is 0. The van der Waals surface area contributed by atoms with E-state index in [-0.39, 0.29) is 11.7 Å². The zero-order valence-corrected chi connectivity index (χ0v) is 11.0. The van der Waals surface area contributed by atoms with E-state index in [1.165, 1.54) is 15.8 Å². The number of carbonyl (C=O) groups is 1. The van der Waals surface area contributed by atoms with Crippen molar-refractivity contribution in [2.75, 3.05) is 0 Å². The van der Waals surface area contributed by atoms with Crippen LogP contribution in [0.3, 0.4) is 0 Å². The number of hydrogen-bond acceptors (Lipinski definition) is 5. The topological polar surface area (TPSA) is 75.4 Å². The third-order valence-electron chi connectivity index (χ3n) is 2.55. The number of aryl methyl sites for hydroxylation is 1. The predicted molar refractivity (Wildman–Crippen MR) is 67.8 cm³/mol. The van der Waals surface area contributed by atoms with Crippen LogP contribution in [0.2, 0.25) is 0 Å². The second kappa shape index (κ2) is 5.32. The largest absolute Gasteiger partial charge is 0.476 e. The average molecular weight is 266 g/mol. The van der Waals surface area contributed by atoms with Crippen LogP contribution in [-0.2, 0) is 6.54 Å². The third-order valence-corrected chi connectivity index (χ3v) is 3.73. The van der Waals surface area contributed by atoms with Gasteiger partial charge in [0, 0.05) is 21.9 Å². The molecule has 6 heteroatoms. The van der Waals surface area contributed by atoms with Crippen molar-refractivity contribution in [1.29, 1.82) is 0 Å². The molecule has 0 saturated carbocycles. The molecule has 18 heavy (non-hydrogen) atoms. The molecular formula is C12H14N2O3S. The van der Waals surface area contributed by atoms with Gasteiger partial charge in [0.15, 0.2) is 11.5 Å². The summed E-state index contributed by atoms with van der Waals surface area (Å²) in [5.74, 6) is -0.556. The fourth-order valence-electron chi connectivity index (χ4n) is 1.54. The van der Waals surface area contributed by atoms with Crippen molar-refractivity contribution in [2.24, 2.45) is 0 Å². The van der Waals surface area contributed by atoms with E-state index in [1.54, 1.807) is 11.3 Å². The molecule has 0 amide bonds. The Morgan fingerprint density at radius 2 is 2.39 bits per heavy atom. The van der Waals surface area contributed by atoms with Gasteiger partial charge in [-0.3, -0.25) is 0 Å². The highest BCUT2D eigenvalue weighted by Crippen LogP contribution is 2.22. The Balaban J connectivity index is 1.92. The van der Waals surface area contributed by atoms with Gasteiger partial charge in [-0.25, -0.2) is 4.79 Å². The molecule has 5 nitrogen and oxygen atoms in total. The Labute approximate surface area is 108 Å². The van der Waals surface area contributed by atoms with E-state index in [1.807, 2.05) is 0 Å². The maximum absolute atomic E-state index is 10.6. The molecule has 0 aromatic carbocycles. The Kier molecular flexibility index (Phi) is 3.78. The van der Waals surface area contributed by atoms with Crippen LogP contribution in [0.1, 0.15) is 39.0 Å². The van der Waals surface area contributed by atoms with Gasteiger partial charge in [0.05, 0.1) is 6.54 Å². The number of thiophene rings is 1. The number of aromatic nitrogens is 1. The number of nitrogens with one attached hydrogen (secondary N) is 1. The first-order chi connectivity index (χ1) is 8.56. The summed E-state index contributed by atoms with van der Waals surface area (Å²) in [4.78, 5) is 13.1. The Bertz CT molecular complexity index is 547. The first-order valence-electron chi connectivity index (χ1n) is 5.55. The van der Waals surface area contributed by atoms with E-state index >= 15 is 0 Å². The standard InChI is InChI=1S/C12H14N2O3S/c1-7-3-4-11(18-7)8(2)13-6-9-5-10(12(15)16)14-17-9/h3-5,8,13H,6H2,1-2H3,(H,15,16). The zero-order valence-electron chi connectivity index (χ0n) is 10.1. The van der Waals surface area contributed by atoms with E-state index < -0.39 is 5.97 Å². The average Bonchev–Trinajstić information content (AvgIpc) is 2.94. The van der Waals surface area contributed by atoms with Crippen LogP contribution in [-0.4, -0.2) is 16.2 Å². The van der Waals surface area contributed by atoms with Gasteiger partial charge < -0.3 is 14.9 Å². The van der Waals surface area contributed by atoms with Crippen LogP contribution in [0.5, 0.6) is 0 Å². The minimum absolute atomic E-state index is 0.0635. The summed E-state index contributed by atoms with van der Waals surface area (Å²) >= 11 is 1.74. The zero-order chi connectivity index (χ0) is 13.1. The summed E-state index contributed by atoms with van der Waals surface area (Å²) in [5, 5.41) is 15.4. The summed E-state index contributed by atoms with van der Waals surface area (Å²) < 4.78 is 4.93. The van der Waals surface area contributed by atoms with Crippen LogP contribution in [0.4, 0.5) is 0 Å². The molecule has 0 spiro atoms. The molecule has 1 unspecified atom stereocenters. The van der Waals surface area contributed by atoms with Gasteiger partial charge in [-0.05, 0) is 26.0 Å². The van der Waals surface area contributed by atoms with Gasteiger partial charge in [-0.15, -0.1) is 11.3 Å². The molecule has 0 fully saturated rings. The molecule has 96 valence electrons. The second-order valence-electron chi connectivity index (χ2n) is 4.03. The first-order valence-corrected chi connectivity index (χ1v) is 6.36. The maximum atomic E-state index is 10.6. The van der Waals surface area contributed by atoms with Gasteiger partial charge in [-0.2, -0.15) is 0 Å². The van der Waals surface area contributed by atoms with Crippen LogP contribution in [0.25, 0.3) is 0 Å². The fraction of sp³-hybridized carbons (Fsp3) is 0.333. The number of hydrogen-bond donors (Lipinski definition) is 2. The molecule has 0 aliphatic carbocycles. The Hall–Kier alpha value is -1.66. The van der Waals surface area contributed by atoms with Crippen LogP contribution in [0.15, 0.2) is 22.7 Å². The number of rotatable bonds is 5. The van der Waals surface area contributed by atoms with Gasteiger partial charge in [0.25, 0.3) is 0 Å². The van der Waals surface area contributed by atoms with E-state index in [0.29, 0.717) is 12.3 Å². The van der Waals surface area contributed by atoms with E-state index in [2.05, 4.69) is 36.5 Å². The van der Waals surface area contributed by atoms with E-state index in [0.717, 1.165) is 0 Å². The van der Waals surface area contributed by atoms with Gasteiger partial charge in [0.2, 0.25) is 0 Å². The van der Waals surface area contributed by atoms with Crippen molar-refractivity contribution in [2.45, 2.75) is 26.4 Å². The molecule has 2 aromatic rings. The van der Waals surface area contributed by atoms with E-state index in [9.17, 15) is 4.79 Å². The van der Waals surface area contributed by atoms with Gasteiger partial charge in [-0.1, -0.05) is 5.16 Å². The summed E-state index contributed by atoms with van der Waals surface area (Å²) in [6, 6.07) is 5.79. The number of aromatic carboxylic acids is 1. The third kappa shape index (κ3) is 2.96. The van der Waals surface area contributed by atoms with Gasteiger partial charge in [0.1, 0.15) is 0 Å². The Morgan fingerprint density at radius 3 is 2.94 bits per heavy atom. The molecule has 2 heterocycles. The summed E-state index contributed by atoms with van der Waals surface area (Å²) in [6.07, 6.45) is 0. The minimum atomic E-state index is -1.08. The molecule has 0 aliphatic heterocycles. The van der Waals surface area contributed by atoms with Crippen molar-refractivity contribution in [3.05, 3.63) is 39.4 Å². The smallest absolute Gasteiger partial charge is 0.358 e. The Morgan fingerprint density at radius 1 is 1.61 bits per heavy atom. The highest BCUT2D eigenvalue weighted by Gasteiger charge is 2.12. The fourth-order valence-corrected chi connectivity index (χ4v) is 2.44. The van der Waals surface area contributed by atoms with Crippen molar-refractivity contribution >= 4 is 17.3 Å². The first kappa shape index (κ1) is 12.8. The number of carboxylic acids is 1. The van der Waals surface area contributed by atoms with E-state index in [4.69, 9.17) is 9.63 Å². The molecule has 0 radical (unpaired) electrons. The van der Waals surface area contributed by atoms with Crippen molar-refractivity contribution in [3.8, 4) is 0 Å². The van der Waals surface area contributed by atoms with Crippen LogP contribution < -0.4 is 5.32 Å². The van der Waals surface area contributed by atoms with Crippen LogP contribution in [0, 0.1) is 6.92 Å². The lowest BCUT2D eigenvalue weighted by Crippen LogP contribution is -2.16. The highest BCUT2D eigenvalue weighted by atomic mass is 32.1. The molecular weight excluding hydrogens is 252 g/mol. The SMILES string of the molecule is Cc1ccc(C(C)NCc2cc(C(=O)O)no2)s1. The molecule has 2 N–H and O–H groups in total. The molecule has 0 saturated heterocycles. The lowest BCUT2D eigenvalue weighted by Gasteiger charge is -2.09. The van der Waals surface area contributed by atoms with Crippen molar-refractivity contribution < 1.29 is 14.4 Å². The normalized spacial score (nSPS) is 12.6. The number of nitrogens with zero attached hydrogens (tertiary/aromatic N) is 1. The molecule has 2 rings (SSSR count). The molecule has 0 bridgehead atoms. The van der Waals surface area contributed by atoms with Crippen molar-refractivity contribution in [1.82, 2.24) is 10.5 Å². The minimum Gasteiger partial charge on any atom is -0.476 e. The lowest BCUT2D eigenvalue weighted by molar-refractivity contribution is 0.0685. The number of carboxylic acid groups (broad SMARTS) is 1. The maximum Gasteiger partial charge on any atom is 0.358 e. The predicted octanol–water partition coefficient (Wildman–Crippen LogP) is 2.59. The molecule has 1 atom stereocenters. The molecule has 2 aromatic heterocycles. The lowest BCUT2D eigenvalue weighted by atomic mass is 10.2.